The number of amides is 2. The third-order valence-corrected chi connectivity index (χ3v) is 3.59. The molecule has 6 heteroatoms. The molecule has 4 nitrogen and oxygen atoms in total. The van der Waals surface area contributed by atoms with Crippen molar-refractivity contribution < 1.29 is 14.0 Å². The fraction of sp³-hybridized carbons (Fsp3) is 0.176. The van der Waals surface area contributed by atoms with Gasteiger partial charge >= 0.3 is 0 Å². The molecule has 23 heavy (non-hydrogen) atoms. The zero-order valence-corrected chi connectivity index (χ0v) is 13.3. The fourth-order valence-corrected chi connectivity index (χ4v) is 2.07. The lowest BCUT2D eigenvalue weighted by Crippen LogP contribution is -2.27. The number of rotatable bonds is 5. The van der Waals surface area contributed by atoms with Crippen molar-refractivity contribution in [2.75, 3.05) is 5.32 Å². The molecule has 0 saturated carbocycles. The lowest BCUT2D eigenvalue weighted by molar-refractivity contribution is -0.126. The van der Waals surface area contributed by atoms with Crippen LogP contribution in [0.15, 0.2) is 42.5 Å². The highest BCUT2D eigenvalue weighted by molar-refractivity contribution is 6.31. The first-order chi connectivity index (χ1) is 10.9. The Bertz CT molecular complexity index is 717. The second-order valence-corrected chi connectivity index (χ2v) is 5.50. The average Bonchev–Trinajstić information content (AvgIpc) is 2.50. The number of aryl methyl sites for hydroxylation is 1. The number of anilines is 1. The summed E-state index contributed by atoms with van der Waals surface area (Å²) in [7, 11) is 0. The normalized spacial score (nSPS) is 10.2. The van der Waals surface area contributed by atoms with Crippen LogP contribution < -0.4 is 10.6 Å². The molecule has 0 atom stereocenters. The van der Waals surface area contributed by atoms with Gasteiger partial charge in [0, 0.05) is 17.3 Å². The quantitative estimate of drug-likeness (QED) is 0.823. The van der Waals surface area contributed by atoms with Crippen LogP contribution in [-0.4, -0.2) is 11.8 Å². The number of benzene rings is 2. The molecule has 2 aromatic rings. The summed E-state index contributed by atoms with van der Waals surface area (Å²) in [6.45, 7) is 2.10. The van der Waals surface area contributed by atoms with Gasteiger partial charge in [-0.2, -0.15) is 0 Å². The van der Waals surface area contributed by atoms with E-state index in [1.807, 2.05) is 6.92 Å². The van der Waals surface area contributed by atoms with Crippen LogP contribution in [-0.2, 0) is 16.1 Å². The molecule has 0 unspecified atom stereocenters. The van der Waals surface area contributed by atoms with Crippen molar-refractivity contribution in [1.82, 2.24) is 5.32 Å². The van der Waals surface area contributed by atoms with Crippen molar-refractivity contribution in [3.63, 3.8) is 0 Å². The van der Waals surface area contributed by atoms with E-state index in [0.717, 1.165) is 11.1 Å². The molecular formula is C17H16ClFN2O2. The Kier molecular flexibility index (Phi) is 5.71. The summed E-state index contributed by atoms with van der Waals surface area (Å²) in [4.78, 5) is 23.5. The number of carbonyl (C=O) groups excluding carboxylic acids is 2. The summed E-state index contributed by atoms with van der Waals surface area (Å²) in [5.74, 6) is -1.18. The molecule has 0 aliphatic rings. The Labute approximate surface area is 138 Å². The Morgan fingerprint density at radius 1 is 1.09 bits per heavy atom. The van der Waals surface area contributed by atoms with Gasteiger partial charge in [-0.15, -0.1) is 0 Å². The summed E-state index contributed by atoms with van der Waals surface area (Å²) >= 11 is 5.97. The first-order valence-corrected chi connectivity index (χ1v) is 7.39. The fourth-order valence-electron chi connectivity index (χ4n) is 1.89. The van der Waals surface area contributed by atoms with E-state index in [1.165, 1.54) is 12.1 Å². The van der Waals surface area contributed by atoms with Gasteiger partial charge in [-0.3, -0.25) is 9.59 Å². The van der Waals surface area contributed by atoms with E-state index in [9.17, 15) is 14.0 Å². The molecule has 0 radical (unpaired) electrons. The van der Waals surface area contributed by atoms with E-state index >= 15 is 0 Å². The average molecular weight is 335 g/mol. The maximum atomic E-state index is 12.8. The van der Waals surface area contributed by atoms with Crippen molar-refractivity contribution in [3.05, 3.63) is 64.4 Å². The van der Waals surface area contributed by atoms with Gasteiger partial charge in [-0.1, -0.05) is 29.8 Å². The molecule has 0 spiro atoms. The SMILES string of the molecule is Cc1ccc(NC(=O)CC(=O)NCc2ccc(F)cc2)cc1Cl. The van der Waals surface area contributed by atoms with E-state index in [0.29, 0.717) is 10.7 Å². The first-order valence-electron chi connectivity index (χ1n) is 7.01. The maximum absolute atomic E-state index is 12.8. The molecule has 2 N–H and O–H groups in total. The van der Waals surface area contributed by atoms with E-state index in [4.69, 9.17) is 11.6 Å². The van der Waals surface area contributed by atoms with Crippen molar-refractivity contribution in [2.24, 2.45) is 0 Å². The highest BCUT2D eigenvalue weighted by atomic mass is 35.5. The van der Waals surface area contributed by atoms with Crippen LogP contribution in [0.4, 0.5) is 10.1 Å². The smallest absolute Gasteiger partial charge is 0.233 e. The molecule has 0 aliphatic carbocycles. The van der Waals surface area contributed by atoms with Gasteiger partial charge in [0.25, 0.3) is 0 Å². The van der Waals surface area contributed by atoms with Crippen LogP contribution in [0.5, 0.6) is 0 Å². The van der Waals surface area contributed by atoms with Crippen LogP contribution >= 0.6 is 11.6 Å². The predicted octanol–water partition coefficient (Wildman–Crippen LogP) is 3.43. The van der Waals surface area contributed by atoms with Crippen molar-refractivity contribution in [1.29, 1.82) is 0 Å². The molecule has 0 fully saturated rings. The van der Waals surface area contributed by atoms with Crippen molar-refractivity contribution in [3.8, 4) is 0 Å². The molecule has 0 heterocycles. The van der Waals surface area contributed by atoms with E-state index in [2.05, 4.69) is 10.6 Å². The number of carbonyl (C=O) groups is 2. The molecule has 0 saturated heterocycles. The largest absolute Gasteiger partial charge is 0.352 e. The summed E-state index contributed by atoms with van der Waals surface area (Å²) < 4.78 is 12.8. The standard InChI is InChI=1S/C17H16ClFN2O2/c1-11-2-7-14(8-15(11)18)21-17(23)9-16(22)20-10-12-3-5-13(19)6-4-12/h2-8H,9-10H2,1H3,(H,20,22)(H,21,23). The second-order valence-electron chi connectivity index (χ2n) is 5.09. The summed E-state index contributed by atoms with van der Waals surface area (Å²) in [5, 5.41) is 5.76. The zero-order valence-electron chi connectivity index (χ0n) is 12.5. The number of halogens is 2. The van der Waals surface area contributed by atoms with Crippen LogP contribution in [0.25, 0.3) is 0 Å². The predicted molar refractivity (Wildman–Crippen MR) is 87.7 cm³/mol. The molecular weight excluding hydrogens is 319 g/mol. The number of hydrogen-bond donors (Lipinski definition) is 2. The van der Waals surface area contributed by atoms with E-state index < -0.39 is 11.8 Å². The van der Waals surface area contributed by atoms with Crippen LogP contribution in [0.1, 0.15) is 17.5 Å². The van der Waals surface area contributed by atoms with E-state index in [-0.39, 0.29) is 18.8 Å². The van der Waals surface area contributed by atoms with Crippen molar-refractivity contribution in [2.45, 2.75) is 19.9 Å². The molecule has 2 rings (SSSR count). The molecule has 120 valence electrons. The van der Waals surface area contributed by atoms with Gasteiger partial charge in [0.1, 0.15) is 12.2 Å². The Morgan fingerprint density at radius 3 is 2.43 bits per heavy atom. The van der Waals surface area contributed by atoms with Crippen molar-refractivity contribution >= 4 is 29.1 Å². The second kappa shape index (κ2) is 7.74. The highest BCUT2D eigenvalue weighted by Crippen LogP contribution is 2.19. The molecule has 0 aromatic heterocycles. The number of hydrogen-bond acceptors (Lipinski definition) is 2. The van der Waals surface area contributed by atoms with Crippen LogP contribution in [0.2, 0.25) is 5.02 Å². The van der Waals surface area contributed by atoms with Gasteiger partial charge in [0.2, 0.25) is 11.8 Å². The van der Waals surface area contributed by atoms with Gasteiger partial charge in [0.05, 0.1) is 0 Å². The van der Waals surface area contributed by atoms with Gasteiger partial charge in [-0.05, 0) is 42.3 Å². The summed E-state index contributed by atoms with van der Waals surface area (Å²) in [6.07, 6.45) is -0.299. The number of nitrogens with one attached hydrogen (secondary N) is 2. The Morgan fingerprint density at radius 2 is 1.78 bits per heavy atom. The monoisotopic (exact) mass is 334 g/mol. The summed E-state index contributed by atoms with van der Waals surface area (Å²) in [6, 6.07) is 10.9. The zero-order chi connectivity index (χ0) is 16.8. The third-order valence-electron chi connectivity index (χ3n) is 3.18. The minimum Gasteiger partial charge on any atom is -0.352 e. The van der Waals surface area contributed by atoms with Gasteiger partial charge < -0.3 is 10.6 Å². The third kappa shape index (κ3) is 5.38. The van der Waals surface area contributed by atoms with Gasteiger partial charge in [-0.25, -0.2) is 4.39 Å². The Balaban J connectivity index is 1.81. The first kappa shape index (κ1) is 17.0. The highest BCUT2D eigenvalue weighted by Gasteiger charge is 2.10. The molecule has 0 bridgehead atoms. The molecule has 2 aromatic carbocycles. The van der Waals surface area contributed by atoms with Crippen LogP contribution in [0.3, 0.4) is 0 Å². The molecule has 0 aliphatic heterocycles. The maximum Gasteiger partial charge on any atom is 0.233 e. The lowest BCUT2D eigenvalue weighted by Gasteiger charge is -2.08. The minimum atomic E-state index is -0.429. The van der Waals surface area contributed by atoms with Crippen LogP contribution in [0, 0.1) is 12.7 Å². The van der Waals surface area contributed by atoms with E-state index in [1.54, 1.807) is 30.3 Å². The van der Waals surface area contributed by atoms with Gasteiger partial charge in [0.15, 0.2) is 0 Å². The topological polar surface area (TPSA) is 58.2 Å². The Hall–Kier alpha value is -2.40. The lowest BCUT2D eigenvalue weighted by atomic mass is 10.2. The summed E-state index contributed by atoms with van der Waals surface area (Å²) in [5.41, 5.74) is 2.20. The minimum absolute atomic E-state index is 0.239. The molecule has 2 amide bonds.